The lowest BCUT2D eigenvalue weighted by Crippen LogP contribution is -2.31. The van der Waals surface area contributed by atoms with E-state index in [4.69, 9.17) is 0 Å². The summed E-state index contributed by atoms with van der Waals surface area (Å²) in [6, 6.07) is 4.17. The van der Waals surface area contributed by atoms with Gasteiger partial charge in [0.25, 0.3) is 0 Å². The summed E-state index contributed by atoms with van der Waals surface area (Å²) < 4.78 is 0. The van der Waals surface area contributed by atoms with Crippen LogP contribution in [-0.4, -0.2) is 11.7 Å². The third-order valence-electron chi connectivity index (χ3n) is 1.98. The third kappa shape index (κ3) is 3.03. The monoisotopic (exact) mass is 229 g/mol. The Balaban J connectivity index is 2.70. The molecule has 2 nitrogen and oxygen atoms in total. The Morgan fingerprint density at radius 1 is 1.64 bits per heavy atom. The van der Waals surface area contributed by atoms with E-state index in [0.717, 1.165) is 0 Å². The second-order valence-corrected chi connectivity index (χ2v) is 4.76. The molecule has 1 aromatic heterocycles. The van der Waals surface area contributed by atoms with Gasteiger partial charge in [0.15, 0.2) is 0 Å². The molecule has 1 aromatic rings. The first kappa shape index (κ1) is 11.6. The molecule has 0 radical (unpaired) electrons. The Labute approximate surface area is 94.1 Å². The van der Waals surface area contributed by atoms with Crippen LogP contribution in [0.15, 0.2) is 17.5 Å². The van der Waals surface area contributed by atoms with Gasteiger partial charge in [0.1, 0.15) is 0 Å². The van der Waals surface area contributed by atoms with Crippen molar-refractivity contribution in [2.45, 2.75) is 19.9 Å². The van der Waals surface area contributed by atoms with Gasteiger partial charge in [-0.05, 0) is 17.4 Å². The fourth-order valence-electron chi connectivity index (χ4n) is 1.25. The summed E-state index contributed by atoms with van der Waals surface area (Å²) in [7, 11) is 0. The number of amides is 1. The third-order valence-corrected chi connectivity index (χ3v) is 3.22. The van der Waals surface area contributed by atoms with Crippen LogP contribution in [0, 0.1) is 5.92 Å². The summed E-state index contributed by atoms with van der Waals surface area (Å²) in [6.45, 7) is 4.20. The standard InChI is InChI=1S/C10H15NOS2/c1-7(2)10(11-9(12)6-13)8-4-3-5-14-8/h3-5,7,10,13H,6H2,1-2H3,(H,11,12). The lowest BCUT2D eigenvalue weighted by molar-refractivity contribution is -0.119. The molecule has 0 aliphatic carbocycles. The van der Waals surface area contributed by atoms with Crippen LogP contribution in [0.25, 0.3) is 0 Å². The normalized spacial score (nSPS) is 12.9. The van der Waals surface area contributed by atoms with Crippen LogP contribution < -0.4 is 5.32 Å². The molecule has 0 aliphatic rings. The molecule has 0 aromatic carbocycles. The zero-order valence-corrected chi connectivity index (χ0v) is 10.1. The van der Waals surface area contributed by atoms with Crippen molar-refractivity contribution in [1.82, 2.24) is 5.32 Å². The highest BCUT2D eigenvalue weighted by Crippen LogP contribution is 2.25. The zero-order valence-electron chi connectivity index (χ0n) is 8.36. The molecule has 4 heteroatoms. The van der Waals surface area contributed by atoms with Gasteiger partial charge in [-0.25, -0.2) is 0 Å². The molecule has 1 N–H and O–H groups in total. The van der Waals surface area contributed by atoms with Gasteiger partial charge in [-0.15, -0.1) is 11.3 Å². The molecule has 78 valence electrons. The van der Waals surface area contributed by atoms with Crippen LogP contribution in [0.5, 0.6) is 0 Å². The molecule has 14 heavy (non-hydrogen) atoms. The lowest BCUT2D eigenvalue weighted by atomic mass is 10.0. The number of hydrogen-bond donors (Lipinski definition) is 2. The largest absolute Gasteiger partial charge is 0.348 e. The Bertz CT molecular complexity index is 282. The van der Waals surface area contributed by atoms with Crippen molar-refractivity contribution in [2.75, 3.05) is 5.75 Å². The molecular weight excluding hydrogens is 214 g/mol. The van der Waals surface area contributed by atoms with Crippen molar-refractivity contribution in [2.24, 2.45) is 5.92 Å². The molecular formula is C10H15NOS2. The first-order chi connectivity index (χ1) is 6.65. The van der Waals surface area contributed by atoms with Crippen LogP contribution in [0.1, 0.15) is 24.8 Å². The quantitative estimate of drug-likeness (QED) is 0.763. The fourth-order valence-corrected chi connectivity index (χ4v) is 2.29. The summed E-state index contributed by atoms with van der Waals surface area (Å²) in [6.07, 6.45) is 0. The van der Waals surface area contributed by atoms with Gasteiger partial charge in [-0.1, -0.05) is 19.9 Å². The van der Waals surface area contributed by atoms with Crippen molar-refractivity contribution in [3.8, 4) is 0 Å². The van der Waals surface area contributed by atoms with E-state index in [9.17, 15) is 4.79 Å². The molecule has 1 rings (SSSR count). The maximum atomic E-state index is 11.2. The Morgan fingerprint density at radius 3 is 2.79 bits per heavy atom. The summed E-state index contributed by atoms with van der Waals surface area (Å²) in [4.78, 5) is 12.4. The molecule has 0 saturated carbocycles. The predicted molar refractivity (Wildman–Crippen MR) is 63.9 cm³/mol. The van der Waals surface area contributed by atoms with Crippen molar-refractivity contribution in [3.05, 3.63) is 22.4 Å². The van der Waals surface area contributed by atoms with E-state index < -0.39 is 0 Å². The maximum absolute atomic E-state index is 11.2. The average molecular weight is 229 g/mol. The van der Waals surface area contributed by atoms with E-state index in [1.807, 2.05) is 17.5 Å². The van der Waals surface area contributed by atoms with Crippen LogP contribution in [0.3, 0.4) is 0 Å². The summed E-state index contributed by atoms with van der Waals surface area (Å²) >= 11 is 5.62. The van der Waals surface area contributed by atoms with Gasteiger partial charge in [0, 0.05) is 4.88 Å². The van der Waals surface area contributed by atoms with E-state index in [0.29, 0.717) is 5.92 Å². The molecule has 1 heterocycles. The molecule has 1 amide bonds. The van der Waals surface area contributed by atoms with Crippen molar-refractivity contribution in [3.63, 3.8) is 0 Å². The van der Waals surface area contributed by atoms with Gasteiger partial charge in [0.05, 0.1) is 11.8 Å². The van der Waals surface area contributed by atoms with Crippen molar-refractivity contribution >= 4 is 29.9 Å². The number of rotatable bonds is 4. The maximum Gasteiger partial charge on any atom is 0.230 e. The van der Waals surface area contributed by atoms with Gasteiger partial charge >= 0.3 is 0 Å². The van der Waals surface area contributed by atoms with Gasteiger partial charge in [0.2, 0.25) is 5.91 Å². The van der Waals surface area contributed by atoms with E-state index in [-0.39, 0.29) is 17.7 Å². The van der Waals surface area contributed by atoms with Crippen LogP contribution in [0.2, 0.25) is 0 Å². The molecule has 0 bridgehead atoms. The second-order valence-electron chi connectivity index (χ2n) is 3.46. The average Bonchev–Trinajstić information content (AvgIpc) is 2.65. The summed E-state index contributed by atoms with van der Waals surface area (Å²) in [5, 5.41) is 4.99. The van der Waals surface area contributed by atoms with Gasteiger partial charge in [-0.3, -0.25) is 4.79 Å². The predicted octanol–water partition coefficient (Wildman–Crippen LogP) is 2.49. The van der Waals surface area contributed by atoms with E-state index in [1.165, 1.54) is 4.88 Å². The second kappa shape index (κ2) is 5.41. The molecule has 0 aliphatic heterocycles. The van der Waals surface area contributed by atoms with Gasteiger partial charge < -0.3 is 5.32 Å². The molecule has 1 atom stereocenters. The highest BCUT2D eigenvalue weighted by molar-refractivity contribution is 7.81. The number of carbonyl (C=O) groups is 1. The Hall–Kier alpha value is -0.480. The number of thiol groups is 1. The molecule has 0 fully saturated rings. The van der Waals surface area contributed by atoms with Crippen molar-refractivity contribution < 1.29 is 4.79 Å². The first-order valence-corrected chi connectivity index (χ1v) is 6.10. The molecule has 0 saturated heterocycles. The van der Waals surface area contributed by atoms with E-state index in [1.54, 1.807) is 11.3 Å². The van der Waals surface area contributed by atoms with E-state index in [2.05, 4.69) is 31.8 Å². The van der Waals surface area contributed by atoms with Gasteiger partial charge in [-0.2, -0.15) is 12.6 Å². The number of hydrogen-bond acceptors (Lipinski definition) is 3. The Kier molecular flexibility index (Phi) is 4.48. The zero-order chi connectivity index (χ0) is 10.6. The minimum atomic E-state index is -0.0135. The summed E-state index contributed by atoms with van der Waals surface area (Å²) in [5.74, 6) is 0.632. The topological polar surface area (TPSA) is 29.1 Å². The van der Waals surface area contributed by atoms with E-state index >= 15 is 0 Å². The first-order valence-electron chi connectivity index (χ1n) is 4.58. The number of carbonyl (C=O) groups excluding carboxylic acids is 1. The molecule has 0 spiro atoms. The van der Waals surface area contributed by atoms with Crippen molar-refractivity contribution in [1.29, 1.82) is 0 Å². The SMILES string of the molecule is CC(C)C(NC(=O)CS)c1cccs1. The smallest absolute Gasteiger partial charge is 0.230 e. The highest BCUT2D eigenvalue weighted by Gasteiger charge is 2.18. The number of nitrogens with one attached hydrogen (secondary N) is 1. The minimum Gasteiger partial charge on any atom is -0.348 e. The Morgan fingerprint density at radius 2 is 2.36 bits per heavy atom. The van der Waals surface area contributed by atoms with Crippen LogP contribution in [-0.2, 0) is 4.79 Å². The lowest BCUT2D eigenvalue weighted by Gasteiger charge is -2.20. The minimum absolute atomic E-state index is 0.0135. The van der Waals surface area contributed by atoms with Crippen LogP contribution >= 0.6 is 24.0 Å². The van der Waals surface area contributed by atoms with Crippen LogP contribution in [0.4, 0.5) is 0 Å². The summed E-state index contributed by atoms with van der Waals surface area (Å²) in [5.41, 5.74) is 0. The fraction of sp³-hybridized carbons (Fsp3) is 0.500. The highest BCUT2D eigenvalue weighted by atomic mass is 32.1. The number of thiophene rings is 1. The molecule has 1 unspecified atom stereocenters.